The Labute approximate surface area is 192 Å². The van der Waals surface area contributed by atoms with Gasteiger partial charge in [0.15, 0.2) is 11.6 Å². The van der Waals surface area contributed by atoms with Crippen LogP contribution in [0.2, 0.25) is 0 Å². The molecule has 7 nitrogen and oxygen atoms in total. The van der Waals surface area contributed by atoms with Gasteiger partial charge in [0.05, 0.1) is 23.2 Å². The maximum atomic E-state index is 13.4. The minimum atomic E-state index is -1.14. The molecule has 0 fully saturated rings. The fraction of sp³-hybridized carbons (Fsp3) is 0.458. The minimum absolute atomic E-state index is 0.159. The summed E-state index contributed by atoms with van der Waals surface area (Å²) in [6.45, 7) is 6.93. The van der Waals surface area contributed by atoms with E-state index < -0.39 is 6.09 Å². The Morgan fingerprint density at radius 3 is 2.69 bits per heavy atom. The molecule has 1 aromatic carbocycles. The first-order valence-corrected chi connectivity index (χ1v) is 11.9. The van der Waals surface area contributed by atoms with Gasteiger partial charge in [0.25, 0.3) is 5.56 Å². The number of ether oxygens (including phenoxy) is 1. The quantitative estimate of drug-likeness (QED) is 0.423. The van der Waals surface area contributed by atoms with E-state index in [-0.39, 0.29) is 17.3 Å². The number of unbranched alkanes of at least 4 members (excludes halogenated alkanes) is 1. The van der Waals surface area contributed by atoms with Gasteiger partial charge >= 0.3 is 6.09 Å². The van der Waals surface area contributed by atoms with Crippen molar-refractivity contribution in [1.82, 2.24) is 9.55 Å². The van der Waals surface area contributed by atoms with E-state index in [0.717, 1.165) is 41.8 Å². The number of pyridine rings is 1. The van der Waals surface area contributed by atoms with Gasteiger partial charge in [0.2, 0.25) is 0 Å². The highest BCUT2D eigenvalue weighted by molar-refractivity contribution is 7.07. The maximum absolute atomic E-state index is 13.4. The van der Waals surface area contributed by atoms with Crippen LogP contribution in [0.4, 0.5) is 10.6 Å². The van der Waals surface area contributed by atoms with Gasteiger partial charge in [-0.15, -0.1) is 11.3 Å². The zero-order valence-electron chi connectivity index (χ0n) is 19.1. The maximum Gasteiger partial charge on any atom is 0.412 e. The number of carboxylic acid groups (broad SMARTS) is 1. The van der Waals surface area contributed by atoms with Crippen LogP contribution in [0.3, 0.4) is 0 Å². The van der Waals surface area contributed by atoms with Crippen LogP contribution in [-0.4, -0.2) is 34.4 Å². The molecule has 0 bridgehead atoms. The number of carbonyl (C=O) groups is 1. The largest absolute Gasteiger partial charge is 0.489 e. The summed E-state index contributed by atoms with van der Waals surface area (Å²) < 4.78 is 7.71. The summed E-state index contributed by atoms with van der Waals surface area (Å²) in [5.74, 6) is 0.900. The second kappa shape index (κ2) is 10.6. The Hall–Kier alpha value is -2.87. The van der Waals surface area contributed by atoms with Gasteiger partial charge in [-0.2, -0.15) is 0 Å². The molecule has 0 unspecified atom stereocenters. The molecule has 0 atom stereocenters. The molecule has 0 aliphatic rings. The van der Waals surface area contributed by atoms with E-state index in [1.165, 1.54) is 11.6 Å². The number of nitrogens with zero attached hydrogens (tertiary/aromatic N) is 3. The minimum Gasteiger partial charge on any atom is -0.489 e. The van der Waals surface area contributed by atoms with E-state index in [1.807, 2.05) is 42.9 Å². The van der Waals surface area contributed by atoms with E-state index >= 15 is 0 Å². The molecule has 172 valence electrons. The Morgan fingerprint density at radius 2 is 2.06 bits per heavy atom. The van der Waals surface area contributed by atoms with Crippen LogP contribution in [0.15, 0.2) is 33.9 Å². The number of anilines is 1. The first kappa shape index (κ1) is 23.8. The third kappa shape index (κ3) is 5.30. The number of amides is 1. The van der Waals surface area contributed by atoms with Crippen molar-refractivity contribution in [2.24, 2.45) is 5.92 Å². The van der Waals surface area contributed by atoms with Gasteiger partial charge in [-0.1, -0.05) is 33.3 Å². The van der Waals surface area contributed by atoms with Gasteiger partial charge < -0.3 is 9.84 Å². The third-order valence-corrected chi connectivity index (χ3v) is 5.95. The number of thiazole rings is 1. The highest BCUT2D eigenvalue weighted by atomic mass is 32.1. The molecule has 0 radical (unpaired) electrons. The van der Waals surface area contributed by atoms with Crippen LogP contribution in [0.1, 0.15) is 44.9 Å². The zero-order valence-corrected chi connectivity index (χ0v) is 19.9. The van der Waals surface area contributed by atoms with Gasteiger partial charge in [0, 0.05) is 24.4 Å². The summed E-state index contributed by atoms with van der Waals surface area (Å²) in [5, 5.41) is 13.0. The first-order valence-electron chi connectivity index (χ1n) is 11.0. The van der Waals surface area contributed by atoms with E-state index in [2.05, 4.69) is 11.9 Å². The van der Waals surface area contributed by atoms with Crippen molar-refractivity contribution < 1.29 is 14.6 Å². The fourth-order valence-corrected chi connectivity index (χ4v) is 4.25. The number of hydrogen-bond acceptors (Lipinski definition) is 5. The van der Waals surface area contributed by atoms with Crippen molar-refractivity contribution >= 4 is 34.0 Å². The highest BCUT2D eigenvalue weighted by Crippen LogP contribution is 2.35. The molecular formula is C24H31N3O4S. The summed E-state index contributed by atoms with van der Waals surface area (Å²) in [5.41, 5.74) is 3.70. The molecule has 8 heteroatoms. The zero-order chi connectivity index (χ0) is 23.3. The Bertz CT molecular complexity index is 1120. The molecular weight excluding hydrogens is 426 g/mol. The van der Waals surface area contributed by atoms with Crippen LogP contribution in [-0.2, 0) is 19.4 Å². The van der Waals surface area contributed by atoms with Crippen LogP contribution in [0, 0.1) is 5.92 Å². The lowest BCUT2D eigenvalue weighted by molar-refractivity contribution is 0.202. The van der Waals surface area contributed by atoms with E-state index in [4.69, 9.17) is 4.74 Å². The van der Waals surface area contributed by atoms with E-state index in [9.17, 15) is 14.7 Å². The molecule has 1 N–H and O–H groups in total. The van der Waals surface area contributed by atoms with Crippen LogP contribution in [0.25, 0.3) is 10.8 Å². The monoisotopic (exact) mass is 457 g/mol. The summed E-state index contributed by atoms with van der Waals surface area (Å²) >= 11 is 1.57. The lowest BCUT2D eigenvalue weighted by Gasteiger charge is -2.25. The third-order valence-electron chi connectivity index (χ3n) is 5.31. The molecule has 2 heterocycles. The molecule has 32 heavy (non-hydrogen) atoms. The summed E-state index contributed by atoms with van der Waals surface area (Å²) in [4.78, 5) is 30.8. The van der Waals surface area contributed by atoms with Crippen LogP contribution >= 0.6 is 11.3 Å². The number of benzene rings is 1. The van der Waals surface area contributed by atoms with Crippen molar-refractivity contribution in [2.75, 3.05) is 18.6 Å². The second-order valence-electron chi connectivity index (χ2n) is 8.37. The molecule has 0 aliphatic heterocycles. The lowest BCUT2D eigenvalue weighted by Crippen LogP contribution is -2.34. The molecule has 2 aromatic heterocycles. The number of rotatable bonds is 10. The predicted molar refractivity (Wildman–Crippen MR) is 129 cm³/mol. The SMILES string of the molecule is CCCCOc1c(N(C)C(=O)O)n(CC(C)C)c(=O)c2ccc(CCc3cscn3)cc12. The predicted octanol–water partition coefficient (Wildman–Crippen LogP) is 5.19. The first-order chi connectivity index (χ1) is 15.3. The normalized spacial score (nSPS) is 11.3. The second-order valence-corrected chi connectivity index (χ2v) is 9.08. The molecule has 0 spiro atoms. The molecule has 3 aromatic rings. The van der Waals surface area contributed by atoms with Crippen molar-refractivity contribution in [3.8, 4) is 5.75 Å². The van der Waals surface area contributed by atoms with Gasteiger partial charge in [0.1, 0.15) is 0 Å². The Balaban J connectivity index is 2.19. The molecule has 3 rings (SSSR count). The molecule has 1 amide bonds. The number of aromatic nitrogens is 2. The van der Waals surface area contributed by atoms with Crippen molar-refractivity contribution in [3.63, 3.8) is 0 Å². The van der Waals surface area contributed by atoms with Crippen LogP contribution in [0.5, 0.6) is 5.75 Å². The molecule has 0 saturated carbocycles. The number of aryl methyl sites for hydroxylation is 2. The van der Waals surface area contributed by atoms with Gasteiger partial charge in [-0.05, 0) is 42.9 Å². The number of fused-ring (bicyclic) bond motifs is 1. The van der Waals surface area contributed by atoms with Crippen molar-refractivity contribution in [2.45, 2.75) is 53.0 Å². The Kier molecular flexibility index (Phi) is 7.90. The van der Waals surface area contributed by atoms with Crippen LogP contribution < -0.4 is 15.2 Å². The van der Waals surface area contributed by atoms with Crippen molar-refractivity contribution in [1.29, 1.82) is 0 Å². The summed E-state index contributed by atoms with van der Waals surface area (Å²) in [6.07, 6.45) is 2.22. The summed E-state index contributed by atoms with van der Waals surface area (Å²) in [6, 6.07) is 5.76. The van der Waals surface area contributed by atoms with E-state index in [0.29, 0.717) is 29.7 Å². The topological polar surface area (TPSA) is 84.7 Å². The Morgan fingerprint density at radius 1 is 1.28 bits per heavy atom. The van der Waals surface area contributed by atoms with Gasteiger partial charge in [-0.3, -0.25) is 14.3 Å². The average Bonchev–Trinajstić information content (AvgIpc) is 3.28. The average molecular weight is 458 g/mol. The van der Waals surface area contributed by atoms with Gasteiger partial charge in [-0.25, -0.2) is 9.78 Å². The smallest absolute Gasteiger partial charge is 0.412 e. The van der Waals surface area contributed by atoms with E-state index in [1.54, 1.807) is 11.3 Å². The summed E-state index contributed by atoms with van der Waals surface area (Å²) in [7, 11) is 1.46. The highest BCUT2D eigenvalue weighted by Gasteiger charge is 2.25. The molecule has 0 saturated heterocycles. The van der Waals surface area contributed by atoms with Crippen molar-refractivity contribution in [3.05, 3.63) is 50.7 Å². The number of hydrogen-bond donors (Lipinski definition) is 1. The standard InChI is InChI=1S/C24H31N3O4S/c1-5-6-11-31-21-20-12-17(7-9-18-14-32-15-25-18)8-10-19(20)23(28)27(13-16(2)3)22(21)26(4)24(29)30/h8,10,12,14-16H,5-7,9,11,13H2,1-4H3,(H,29,30). The lowest BCUT2D eigenvalue weighted by atomic mass is 10.0. The molecule has 0 aliphatic carbocycles. The fourth-order valence-electron chi connectivity index (χ4n) is 3.66.